The van der Waals surface area contributed by atoms with Crippen molar-refractivity contribution in [1.82, 2.24) is 34.9 Å². The van der Waals surface area contributed by atoms with Crippen molar-refractivity contribution in [3.8, 4) is 0 Å². The summed E-state index contributed by atoms with van der Waals surface area (Å²) < 4.78 is 29.8. The van der Waals surface area contributed by atoms with Crippen LogP contribution in [0.2, 0.25) is 0 Å². The SMILES string of the molecule is Cc1cc(CC(NC(=O)CN2CCC(N3Cc4ccccc4NC3=O)CC2)c2nccn2Cc2cc(F)cc(F)c2)cc2cn[nH]c12. The first-order valence-corrected chi connectivity index (χ1v) is 15.8. The third-order valence-electron chi connectivity index (χ3n) is 9.14. The number of hydrogen-bond acceptors (Lipinski definition) is 5. The van der Waals surface area contributed by atoms with Crippen LogP contribution >= 0.6 is 0 Å². The summed E-state index contributed by atoms with van der Waals surface area (Å²) in [5.74, 6) is -0.858. The number of fused-ring (bicyclic) bond motifs is 2. The molecule has 2 aliphatic rings. The number of piperidine rings is 1. The molecule has 3 N–H and O–H groups in total. The number of carbonyl (C=O) groups excluding carboxylic acids is 2. The lowest BCUT2D eigenvalue weighted by Gasteiger charge is -2.40. The van der Waals surface area contributed by atoms with Crippen molar-refractivity contribution in [1.29, 1.82) is 0 Å². The number of aromatic amines is 1. The Morgan fingerprint density at radius 3 is 2.66 bits per heavy atom. The Kier molecular flexibility index (Phi) is 8.42. The Balaban J connectivity index is 1.05. The lowest BCUT2D eigenvalue weighted by atomic mass is 10.00. The number of H-pyrrole nitrogens is 1. The fourth-order valence-corrected chi connectivity index (χ4v) is 6.89. The van der Waals surface area contributed by atoms with Crippen molar-refractivity contribution < 1.29 is 18.4 Å². The van der Waals surface area contributed by atoms with Gasteiger partial charge in [0.05, 0.1) is 24.3 Å². The van der Waals surface area contributed by atoms with Gasteiger partial charge in [-0.05, 0) is 72.7 Å². The number of amides is 3. The van der Waals surface area contributed by atoms with Crippen molar-refractivity contribution >= 4 is 28.5 Å². The number of aryl methyl sites for hydroxylation is 1. The van der Waals surface area contributed by atoms with Crippen LogP contribution in [0.4, 0.5) is 19.3 Å². The molecule has 0 aliphatic carbocycles. The summed E-state index contributed by atoms with van der Waals surface area (Å²) >= 11 is 0. The number of anilines is 1. The molecule has 4 heterocycles. The number of benzene rings is 3. The van der Waals surface area contributed by atoms with E-state index in [0.29, 0.717) is 37.4 Å². The highest BCUT2D eigenvalue weighted by Gasteiger charge is 2.32. The van der Waals surface area contributed by atoms with Crippen molar-refractivity contribution in [3.05, 3.63) is 113 Å². The van der Waals surface area contributed by atoms with E-state index in [-0.39, 0.29) is 31.1 Å². The van der Waals surface area contributed by atoms with E-state index in [1.165, 1.54) is 12.1 Å². The van der Waals surface area contributed by atoms with Crippen LogP contribution in [-0.4, -0.2) is 67.2 Å². The standard InChI is InChI=1S/C35H36F2N8O2/c1-22-12-23(13-26-18-39-42-33(22)26)16-31(34-38-8-11-44(34)19-24-14-27(36)17-28(37)15-24)40-32(46)21-43-9-6-29(7-10-43)45-20-25-4-2-3-5-30(25)41-35(45)47/h2-5,8,11-15,17-18,29,31H,6-7,9-10,16,19-21H2,1H3,(H,39,42)(H,40,46)(H,41,47). The summed E-state index contributed by atoms with van der Waals surface area (Å²) in [5, 5.41) is 14.4. The third-order valence-corrected chi connectivity index (χ3v) is 9.14. The minimum Gasteiger partial charge on any atom is -0.345 e. The number of nitrogens with zero attached hydrogens (tertiary/aromatic N) is 5. The molecule has 3 aromatic carbocycles. The second-order valence-corrected chi connectivity index (χ2v) is 12.5. The monoisotopic (exact) mass is 638 g/mol. The van der Waals surface area contributed by atoms with Crippen LogP contribution in [0.25, 0.3) is 10.9 Å². The number of rotatable bonds is 9. The fraction of sp³-hybridized carbons (Fsp3) is 0.314. The first-order valence-electron chi connectivity index (χ1n) is 15.8. The van der Waals surface area contributed by atoms with Crippen LogP contribution in [0.15, 0.2) is 73.2 Å². The number of aromatic nitrogens is 4. The molecule has 0 radical (unpaired) electrons. The lowest BCUT2D eigenvalue weighted by Crippen LogP contribution is -2.51. The number of halogens is 2. The average Bonchev–Trinajstić information content (AvgIpc) is 3.70. The highest BCUT2D eigenvalue weighted by molar-refractivity contribution is 5.92. The average molecular weight is 639 g/mol. The van der Waals surface area contributed by atoms with Gasteiger partial charge >= 0.3 is 6.03 Å². The molecule has 3 amide bonds. The maximum absolute atomic E-state index is 14.0. The maximum Gasteiger partial charge on any atom is 0.322 e. The van der Waals surface area contributed by atoms with Crippen molar-refractivity contribution in [3.63, 3.8) is 0 Å². The van der Waals surface area contributed by atoms with E-state index in [2.05, 4.69) is 36.8 Å². The van der Waals surface area contributed by atoms with E-state index >= 15 is 0 Å². The maximum atomic E-state index is 14.0. The van der Waals surface area contributed by atoms with Gasteiger partial charge in [0, 0.05) is 61.8 Å². The molecule has 0 spiro atoms. The number of carbonyl (C=O) groups is 2. The molecule has 1 fully saturated rings. The summed E-state index contributed by atoms with van der Waals surface area (Å²) in [6.45, 7) is 4.35. The Morgan fingerprint density at radius 2 is 1.85 bits per heavy atom. The first-order chi connectivity index (χ1) is 22.8. The topological polar surface area (TPSA) is 111 Å². The van der Waals surface area contributed by atoms with Crippen molar-refractivity contribution in [2.75, 3.05) is 25.0 Å². The van der Waals surface area contributed by atoms with Gasteiger partial charge in [-0.3, -0.25) is 14.8 Å². The molecule has 7 rings (SSSR count). The molecule has 47 heavy (non-hydrogen) atoms. The van der Waals surface area contributed by atoms with E-state index in [1.54, 1.807) is 18.6 Å². The van der Waals surface area contributed by atoms with E-state index in [1.807, 2.05) is 46.7 Å². The molecule has 242 valence electrons. The zero-order valence-electron chi connectivity index (χ0n) is 26.0. The fourth-order valence-electron chi connectivity index (χ4n) is 6.89. The normalized spacial score (nSPS) is 16.2. The number of likely N-dealkylation sites (tertiary alicyclic amines) is 1. The molecular formula is C35H36F2N8O2. The Labute approximate surface area is 270 Å². The number of imidazole rings is 1. The minimum absolute atomic E-state index is 0.0805. The summed E-state index contributed by atoms with van der Waals surface area (Å²) in [5.41, 5.74) is 5.40. The second kappa shape index (κ2) is 13.0. The van der Waals surface area contributed by atoms with E-state index < -0.39 is 17.7 Å². The molecule has 0 saturated carbocycles. The third kappa shape index (κ3) is 6.73. The summed E-state index contributed by atoms with van der Waals surface area (Å²) in [6, 6.07) is 14.9. The molecule has 2 aromatic heterocycles. The zero-order valence-corrected chi connectivity index (χ0v) is 26.0. The van der Waals surface area contributed by atoms with Crippen LogP contribution in [0.3, 0.4) is 0 Å². The van der Waals surface area contributed by atoms with E-state index in [0.717, 1.165) is 52.2 Å². The van der Waals surface area contributed by atoms with Gasteiger partial charge in [-0.1, -0.05) is 24.3 Å². The van der Waals surface area contributed by atoms with Gasteiger partial charge in [0.1, 0.15) is 17.5 Å². The molecule has 2 aliphatic heterocycles. The summed E-state index contributed by atoms with van der Waals surface area (Å²) in [4.78, 5) is 35.1. The van der Waals surface area contributed by atoms with Crippen LogP contribution in [0.5, 0.6) is 0 Å². The Morgan fingerprint density at radius 1 is 1.06 bits per heavy atom. The first kappa shape index (κ1) is 30.5. The quantitative estimate of drug-likeness (QED) is 0.203. The Hall–Kier alpha value is -5.10. The van der Waals surface area contributed by atoms with E-state index in [9.17, 15) is 18.4 Å². The number of hydrogen-bond donors (Lipinski definition) is 3. The number of nitrogens with one attached hydrogen (secondary N) is 3. The highest BCUT2D eigenvalue weighted by Crippen LogP contribution is 2.28. The molecule has 5 aromatic rings. The number of urea groups is 1. The van der Waals surface area contributed by atoms with Crippen LogP contribution in [0.1, 0.15) is 47.0 Å². The van der Waals surface area contributed by atoms with Gasteiger partial charge < -0.3 is 20.1 Å². The Bertz CT molecular complexity index is 1910. The highest BCUT2D eigenvalue weighted by atomic mass is 19.1. The van der Waals surface area contributed by atoms with Crippen LogP contribution < -0.4 is 10.6 Å². The number of para-hydroxylation sites is 1. The zero-order chi connectivity index (χ0) is 32.5. The summed E-state index contributed by atoms with van der Waals surface area (Å²) in [6.07, 6.45) is 7.15. The molecule has 1 saturated heterocycles. The van der Waals surface area contributed by atoms with Crippen LogP contribution in [-0.2, 0) is 24.3 Å². The van der Waals surface area contributed by atoms with Crippen molar-refractivity contribution in [2.45, 2.75) is 51.4 Å². The molecular weight excluding hydrogens is 602 g/mol. The van der Waals surface area contributed by atoms with E-state index in [4.69, 9.17) is 0 Å². The largest absolute Gasteiger partial charge is 0.345 e. The molecule has 12 heteroatoms. The van der Waals surface area contributed by atoms with Gasteiger partial charge in [0.15, 0.2) is 0 Å². The predicted octanol–water partition coefficient (Wildman–Crippen LogP) is 5.31. The smallest absolute Gasteiger partial charge is 0.322 e. The predicted molar refractivity (Wildman–Crippen MR) is 174 cm³/mol. The molecule has 0 bridgehead atoms. The van der Waals surface area contributed by atoms with Gasteiger partial charge in [0.2, 0.25) is 5.91 Å². The van der Waals surface area contributed by atoms with Gasteiger partial charge in [0.25, 0.3) is 0 Å². The molecule has 1 atom stereocenters. The van der Waals surface area contributed by atoms with Gasteiger partial charge in [-0.2, -0.15) is 5.10 Å². The molecule has 1 unspecified atom stereocenters. The van der Waals surface area contributed by atoms with Crippen molar-refractivity contribution in [2.24, 2.45) is 0 Å². The molecule has 10 nitrogen and oxygen atoms in total. The minimum atomic E-state index is -0.648. The van der Waals surface area contributed by atoms with Gasteiger partial charge in [-0.15, -0.1) is 0 Å². The summed E-state index contributed by atoms with van der Waals surface area (Å²) in [7, 11) is 0. The lowest BCUT2D eigenvalue weighted by molar-refractivity contribution is -0.123. The van der Waals surface area contributed by atoms with Gasteiger partial charge in [-0.25, -0.2) is 18.6 Å². The second-order valence-electron chi connectivity index (χ2n) is 12.5. The van der Waals surface area contributed by atoms with Crippen LogP contribution in [0, 0.1) is 18.6 Å².